The Morgan fingerprint density at radius 2 is 2.07 bits per heavy atom. The average Bonchev–Trinajstić information content (AvgIpc) is 3.17. The summed E-state index contributed by atoms with van der Waals surface area (Å²) in [4.78, 5) is 18.7. The van der Waals surface area contributed by atoms with E-state index in [0.29, 0.717) is 37.7 Å². The molecule has 2 N–H and O–H groups in total. The summed E-state index contributed by atoms with van der Waals surface area (Å²) in [6.07, 6.45) is 0.774. The summed E-state index contributed by atoms with van der Waals surface area (Å²) in [6.45, 7) is 8.22. The zero-order chi connectivity index (χ0) is 18.9. The minimum atomic E-state index is 0.00551. The molecule has 0 atom stereocenters. The van der Waals surface area contributed by atoms with E-state index in [-0.39, 0.29) is 5.91 Å². The molecule has 146 valence electrons. The third kappa shape index (κ3) is 6.04. The van der Waals surface area contributed by atoms with Crippen molar-refractivity contribution in [1.29, 1.82) is 0 Å². The monoisotopic (exact) mass is 373 g/mol. The van der Waals surface area contributed by atoms with Crippen LogP contribution in [0.25, 0.3) is 11.4 Å². The number of aromatic nitrogens is 2. The van der Waals surface area contributed by atoms with Crippen LogP contribution in [0.1, 0.15) is 19.2 Å². The Morgan fingerprint density at radius 1 is 1.30 bits per heavy atom. The van der Waals surface area contributed by atoms with Crippen molar-refractivity contribution in [2.24, 2.45) is 0 Å². The number of piperazine rings is 1. The number of carbonyl (C=O) groups is 1. The minimum absolute atomic E-state index is 0.00551. The molecule has 1 aliphatic heterocycles. The van der Waals surface area contributed by atoms with Crippen molar-refractivity contribution < 1.29 is 14.1 Å². The largest absolute Gasteiger partial charge is 0.494 e. The van der Waals surface area contributed by atoms with E-state index < -0.39 is 0 Å². The molecular formula is C19H27N5O3. The number of carbonyl (C=O) groups excluding carboxylic acids is 1. The van der Waals surface area contributed by atoms with Crippen molar-refractivity contribution in [3.05, 3.63) is 30.2 Å². The Hall–Kier alpha value is -2.45. The Morgan fingerprint density at radius 3 is 2.81 bits per heavy atom. The molecule has 8 heteroatoms. The summed E-state index contributed by atoms with van der Waals surface area (Å²) in [5.41, 5.74) is 0.855. The molecule has 2 aromatic rings. The first-order valence-electron chi connectivity index (χ1n) is 9.50. The molecule has 0 bridgehead atoms. The molecule has 0 saturated carbocycles. The average molecular weight is 373 g/mol. The smallest absolute Gasteiger partial charge is 0.227 e. The first-order valence-corrected chi connectivity index (χ1v) is 9.50. The van der Waals surface area contributed by atoms with Gasteiger partial charge in [-0.15, -0.1) is 0 Å². The fraction of sp³-hybridized carbons (Fsp3) is 0.526. The Balaban J connectivity index is 1.40. The minimum Gasteiger partial charge on any atom is -0.494 e. The molecule has 0 radical (unpaired) electrons. The van der Waals surface area contributed by atoms with Crippen LogP contribution in [-0.4, -0.2) is 66.8 Å². The maximum absolute atomic E-state index is 12.0. The number of amides is 1. The molecule has 2 heterocycles. The van der Waals surface area contributed by atoms with Crippen LogP contribution in [0.4, 0.5) is 0 Å². The lowest BCUT2D eigenvalue weighted by atomic mass is 10.2. The number of hydrogen-bond donors (Lipinski definition) is 2. The second-order valence-corrected chi connectivity index (χ2v) is 6.41. The van der Waals surface area contributed by atoms with Crippen LogP contribution in [-0.2, 0) is 11.2 Å². The van der Waals surface area contributed by atoms with Gasteiger partial charge in [-0.3, -0.25) is 9.69 Å². The second-order valence-electron chi connectivity index (χ2n) is 6.41. The number of nitrogens with one attached hydrogen (secondary N) is 2. The third-order valence-electron chi connectivity index (χ3n) is 4.42. The molecule has 27 heavy (non-hydrogen) atoms. The summed E-state index contributed by atoms with van der Waals surface area (Å²) in [5, 5.41) is 10.3. The van der Waals surface area contributed by atoms with Crippen LogP contribution in [0.3, 0.4) is 0 Å². The molecule has 3 rings (SSSR count). The topological polar surface area (TPSA) is 92.5 Å². The molecule has 1 saturated heterocycles. The van der Waals surface area contributed by atoms with E-state index in [9.17, 15) is 4.79 Å². The Kier molecular flexibility index (Phi) is 7.18. The lowest BCUT2D eigenvalue weighted by Gasteiger charge is -2.27. The van der Waals surface area contributed by atoms with Gasteiger partial charge in [-0.05, 0) is 31.2 Å². The van der Waals surface area contributed by atoms with E-state index in [0.717, 1.165) is 44.0 Å². The lowest BCUT2D eigenvalue weighted by molar-refractivity contribution is -0.121. The van der Waals surface area contributed by atoms with E-state index >= 15 is 0 Å². The summed E-state index contributed by atoms with van der Waals surface area (Å²) in [7, 11) is 0. The van der Waals surface area contributed by atoms with Crippen molar-refractivity contribution in [2.75, 3.05) is 45.9 Å². The zero-order valence-electron chi connectivity index (χ0n) is 15.7. The Labute approximate surface area is 159 Å². The fourth-order valence-corrected chi connectivity index (χ4v) is 2.94. The maximum Gasteiger partial charge on any atom is 0.227 e. The van der Waals surface area contributed by atoms with E-state index in [4.69, 9.17) is 9.26 Å². The molecule has 1 fully saturated rings. The van der Waals surface area contributed by atoms with Gasteiger partial charge in [0, 0.05) is 57.7 Å². The molecule has 1 aliphatic rings. The van der Waals surface area contributed by atoms with E-state index in [2.05, 4.69) is 25.7 Å². The van der Waals surface area contributed by atoms with Crippen LogP contribution >= 0.6 is 0 Å². The second kappa shape index (κ2) is 10.0. The van der Waals surface area contributed by atoms with E-state index in [1.54, 1.807) is 0 Å². The molecule has 0 spiro atoms. The van der Waals surface area contributed by atoms with Crippen molar-refractivity contribution in [1.82, 2.24) is 25.7 Å². The SMILES string of the molecule is CCOc1ccc(-c2noc(CCC(=O)NCCN3CCNCC3)n2)cc1. The zero-order valence-corrected chi connectivity index (χ0v) is 15.7. The molecule has 0 unspecified atom stereocenters. The van der Waals surface area contributed by atoms with Gasteiger partial charge in [0.15, 0.2) is 0 Å². The third-order valence-corrected chi connectivity index (χ3v) is 4.42. The van der Waals surface area contributed by atoms with Crippen LogP contribution in [0.5, 0.6) is 5.75 Å². The fourth-order valence-electron chi connectivity index (χ4n) is 2.94. The van der Waals surface area contributed by atoms with Gasteiger partial charge in [-0.2, -0.15) is 4.98 Å². The highest BCUT2D eigenvalue weighted by Gasteiger charge is 2.12. The first-order chi connectivity index (χ1) is 13.2. The number of benzene rings is 1. The normalized spacial score (nSPS) is 14.9. The van der Waals surface area contributed by atoms with Gasteiger partial charge in [0.1, 0.15) is 5.75 Å². The maximum atomic E-state index is 12.0. The van der Waals surface area contributed by atoms with E-state index in [1.165, 1.54) is 0 Å². The summed E-state index contributed by atoms with van der Waals surface area (Å²) in [5.74, 6) is 1.80. The van der Waals surface area contributed by atoms with Gasteiger partial charge in [-0.25, -0.2) is 0 Å². The van der Waals surface area contributed by atoms with Crippen LogP contribution in [0, 0.1) is 0 Å². The highest BCUT2D eigenvalue weighted by atomic mass is 16.5. The van der Waals surface area contributed by atoms with Gasteiger partial charge >= 0.3 is 0 Å². The van der Waals surface area contributed by atoms with Crippen molar-refractivity contribution in [3.8, 4) is 17.1 Å². The number of aryl methyl sites for hydroxylation is 1. The molecule has 0 aliphatic carbocycles. The van der Waals surface area contributed by atoms with Gasteiger partial charge in [0.05, 0.1) is 6.61 Å². The lowest BCUT2D eigenvalue weighted by Crippen LogP contribution is -2.46. The number of ether oxygens (including phenoxy) is 1. The van der Waals surface area contributed by atoms with Gasteiger partial charge in [0.2, 0.25) is 17.6 Å². The summed E-state index contributed by atoms with van der Waals surface area (Å²) < 4.78 is 10.7. The van der Waals surface area contributed by atoms with Crippen molar-refractivity contribution in [3.63, 3.8) is 0 Å². The molecule has 1 amide bonds. The highest BCUT2D eigenvalue weighted by Crippen LogP contribution is 2.20. The van der Waals surface area contributed by atoms with Crippen molar-refractivity contribution in [2.45, 2.75) is 19.8 Å². The van der Waals surface area contributed by atoms with Crippen LogP contribution in [0.2, 0.25) is 0 Å². The highest BCUT2D eigenvalue weighted by molar-refractivity contribution is 5.76. The first kappa shape index (κ1) is 19.3. The van der Waals surface area contributed by atoms with E-state index in [1.807, 2.05) is 31.2 Å². The number of hydrogen-bond acceptors (Lipinski definition) is 7. The van der Waals surface area contributed by atoms with Crippen LogP contribution < -0.4 is 15.4 Å². The Bertz CT molecular complexity index is 710. The molecular weight excluding hydrogens is 346 g/mol. The van der Waals surface area contributed by atoms with Crippen molar-refractivity contribution >= 4 is 5.91 Å². The van der Waals surface area contributed by atoms with Gasteiger partial charge in [0.25, 0.3) is 0 Å². The molecule has 1 aromatic heterocycles. The predicted molar refractivity (Wildman–Crippen MR) is 102 cm³/mol. The standard InChI is InChI=1S/C19H27N5O3/c1-2-26-16-5-3-15(4-6-16)19-22-18(27-23-19)8-7-17(25)21-11-14-24-12-9-20-10-13-24/h3-6,20H,2,7-14H2,1H3,(H,21,25). The van der Waals surface area contributed by atoms with Gasteiger partial charge in [-0.1, -0.05) is 5.16 Å². The predicted octanol–water partition coefficient (Wildman–Crippen LogP) is 1.09. The molecule has 8 nitrogen and oxygen atoms in total. The van der Waals surface area contributed by atoms with Gasteiger partial charge < -0.3 is 19.9 Å². The number of rotatable bonds is 9. The summed E-state index contributed by atoms with van der Waals surface area (Å²) >= 11 is 0. The summed E-state index contributed by atoms with van der Waals surface area (Å²) in [6, 6.07) is 7.53. The quantitative estimate of drug-likeness (QED) is 0.680. The van der Waals surface area contributed by atoms with Crippen LogP contribution in [0.15, 0.2) is 28.8 Å². The number of nitrogens with zero attached hydrogens (tertiary/aromatic N) is 3. The molecule has 1 aromatic carbocycles.